The Bertz CT molecular complexity index is 321. The molecule has 0 bridgehead atoms. The van der Waals surface area contributed by atoms with E-state index in [4.69, 9.17) is 5.26 Å². The molecule has 0 amide bonds. The van der Waals surface area contributed by atoms with Gasteiger partial charge in [0.25, 0.3) is 0 Å². The van der Waals surface area contributed by atoms with E-state index in [1.807, 2.05) is 7.05 Å². The number of hydrogen-bond donors (Lipinski definition) is 0. The first kappa shape index (κ1) is 11.6. The van der Waals surface area contributed by atoms with Gasteiger partial charge in [-0.15, -0.1) is 0 Å². The molecule has 0 N–H and O–H groups in total. The van der Waals surface area contributed by atoms with Gasteiger partial charge in [-0.05, 0) is 24.1 Å². The van der Waals surface area contributed by atoms with Crippen molar-refractivity contribution in [3.8, 4) is 6.07 Å². The Morgan fingerprint density at radius 1 is 1.27 bits per heavy atom. The van der Waals surface area contributed by atoms with E-state index in [9.17, 15) is 0 Å². The number of rotatable bonds is 5. The highest BCUT2D eigenvalue weighted by molar-refractivity contribution is 5.46. The van der Waals surface area contributed by atoms with Gasteiger partial charge in [-0.1, -0.05) is 25.5 Å². The van der Waals surface area contributed by atoms with Gasteiger partial charge in [-0.2, -0.15) is 5.26 Å². The number of nitriles is 1. The molecular weight excluding hydrogens is 184 g/mol. The van der Waals surface area contributed by atoms with Crippen molar-refractivity contribution in [1.29, 1.82) is 5.26 Å². The van der Waals surface area contributed by atoms with E-state index in [1.165, 1.54) is 17.7 Å². The second-order valence-electron chi connectivity index (χ2n) is 3.75. The fourth-order valence-electron chi connectivity index (χ4n) is 1.55. The summed E-state index contributed by atoms with van der Waals surface area (Å²) in [6, 6.07) is 10.7. The molecule has 0 aromatic heterocycles. The van der Waals surface area contributed by atoms with Crippen molar-refractivity contribution in [3.63, 3.8) is 0 Å². The zero-order valence-electron chi connectivity index (χ0n) is 9.53. The quantitative estimate of drug-likeness (QED) is 0.734. The van der Waals surface area contributed by atoms with Crippen LogP contribution in [0.3, 0.4) is 0 Å². The van der Waals surface area contributed by atoms with Crippen LogP contribution in [-0.2, 0) is 6.42 Å². The van der Waals surface area contributed by atoms with Gasteiger partial charge in [0.1, 0.15) is 0 Å². The molecule has 0 atom stereocenters. The van der Waals surface area contributed by atoms with Crippen LogP contribution in [0.4, 0.5) is 5.69 Å². The average Bonchev–Trinajstić information content (AvgIpc) is 2.27. The Hall–Kier alpha value is -1.49. The number of nitrogens with zero attached hydrogens (tertiary/aromatic N) is 2. The maximum absolute atomic E-state index is 8.50. The minimum absolute atomic E-state index is 0.577. The molecule has 0 aliphatic carbocycles. The third kappa shape index (κ3) is 3.63. The molecule has 0 saturated carbocycles. The number of aryl methyl sites for hydroxylation is 1. The van der Waals surface area contributed by atoms with E-state index < -0.39 is 0 Å². The van der Waals surface area contributed by atoms with Gasteiger partial charge in [0.2, 0.25) is 0 Å². The van der Waals surface area contributed by atoms with E-state index in [0.717, 1.165) is 13.0 Å². The van der Waals surface area contributed by atoms with Crippen LogP contribution in [0.15, 0.2) is 24.3 Å². The fourth-order valence-corrected chi connectivity index (χ4v) is 1.55. The average molecular weight is 202 g/mol. The lowest BCUT2D eigenvalue weighted by Crippen LogP contribution is -2.17. The van der Waals surface area contributed by atoms with Crippen molar-refractivity contribution < 1.29 is 0 Å². The van der Waals surface area contributed by atoms with E-state index >= 15 is 0 Å². The third-order valence-corrected chi connectivity index (χ3v) is 2.47. The summed E-state index contributed by atoms with van der Waals surface area (Å²) in [6.45, 7) is 2.98. The monoisotopic (exact) mass is 202 g/mol. The van der Waals surface area contributed by atoms with Gasteiger partial charge in [-0.3, -0.25) is 0 Å². The number of anilines is 1. The predicted octanol–water partition coefficient (Wildman–Crippen LogP) is 2.99. The first-order valence-electron chi connectivity index (χ1n) is 5.45. The molecule has 1 aromatic rings. The molecule has 1 rings (SSSR count). The summed E-state index contributed by atoms with van der Waals surface area (Å²) in [7, 11) is 2.02. The Balaban J connectivity index is 2.59. The zero-order valence-corrected chi connectivity index (χ0v) is 9.53. The molecular formula is C13H18N2. The number of benzene rings is 1. The first-order valence-corrected chi connectivity index (χ1v) is 5.45. The van der Waals surface area contributed by atoms with E-state index in [0.29, 0.717) is 6.42 Å². The van der Waals surface area contributed by atoms with Gasteiger partial charge in [-0.25, -0.2) is 0 Å². The Kier molecular flexibility index (Phi) is 4.70. The highest BCUT2D eigenvalue weighted by Gasteiger charge is 1.99. The minimum Gasteiger partial charge on any atom is -0.374 e. The normalized spacial score (nSPS) is 9.67. The van der Waals surface area contributed by atoms with Gasteiger partial charge in [0.05, 0.1) is 12.5 Å². The zero-order chi connectivity index (χ0) is 11.1. The molecule has 80 valence electrons. The summed E-state index contributed by atoms with van der Waals surface area (Å²) in [6.07, 6.45) is 2.90. The summed E-state index contributed by atoms with van der Waals surface area (Å²) >= 11 is 0. The molecule has 0 spiro atoms. The maximum atomic E-state index is 8.50. The van der Waals surface area contributed by atoms with E-state index in [1.54, 1.807) is 0 Å². The van der Waals surface area contributed by atoms with Crippen molar-refractivity contribution >= 4 is 5.69 Å². The van der Waals surface area contributed by atoms with Crippen molar-refractivity contribution in [3.05, 3.63) is 29.8 Å². The molecule has 0 aliphatic heterocycles. The second kappa shape index (κ2) is 6.08. The minimum atomic E-state index is 0.577. The van der Waals surface area contributed by atoms with Crippen LogP contribution in [0, 0.1) is 11.3 Å². The SMILES string of the molecule is CCCc1ccc(N(C)CCC#N)cc1. The molecule has 0 fully saturated rings. The van der Waals surface area contributed by atoms with Gasteiger partial charge < -0.3 is 4.90 Å². The molecule has 2 heteroatoms. The van der Waals surface area contributed by atoms with Crippen LogP contribution in [0.5, 0.6) is 0 Å². The Labute approximate surface area is 92.1 Å². The highest BCUT2D eigenvalue weighted by Crippen LogP contribution is 2.14. The molecule has 0 unspecified atom stereocenters. The standard InChI is InChI=1S/C13H18N2/c1-3-5-12-6-8-13(9-7-12)15(2)11-4-10-14/h6-9H,3-5,11H2,1-2H3. The molecule has 0 radical (unpaired) electrons. The summed E-state index contributed by atoms with van der Waals surface area (Å²) < 4.78 is 0. The third-order valence-electron chi connectivity index (χ3n) is 2.47. The van der Waals surface area contributed by atoms with Crippen LogP contribution >= 0.6 is 0 Å². The lowest BCUT2D eigenvalue weighted by Gasteiger charge is -2.17. The number of hydrogen-bond acceptors (Lipinski definition) is 2. The van der Waals surface area contributed by atoms with Crippen molar-refractivity contribution in [2.45, 2.75) is 26.2 Å². The van der Waals surface area contributed by atoms with Crippen LogP contribution in [-0.4, -0.2) is 13.6 Å². The van der Waals surface area contributed by atoms with E-state index in [2.05, 4.69) is 42.2 Å². The molecule has 15 heavy (non-hydrogen) atoms. The van der Waals surface area contributed by atoms with Crippen molar-refractivity contribution in [1.82, 2.24) is 0 Å². The second-order valence-corrected chi connectivity index (χ2v) is 3.75. The Morgan fingerprint density at radius 3 is 2.47 bits per heavy atom. The topological polar surface area (TPSA) is 27.0 Å². The highest BCUT2D eigenvalue weighted by atomic mass is 15.1. The predicted molar refractivity (Wildman–Crippen MR) is 63.9 cm³/mol. The van der Waals surface area contributed by atoms with Gasteiger partial charge >= 0.3 is 0 Å². The summed E-state index contributed by atoms with van der Waals surface area (Å²) in [5, 5.41) is 8.50. The molecule has 0 saturated heterocycles. The molecule has 1 aromatic carbocycles. The summed E-state index contributed by atoms with van der Waals surface area (Å²) in [5.41, 5.74) is 2.57. The van der Waals surface area contributed by atoms with Gasteiger partial charge in [0, 0.05) is 19.3 Å². The lowest BCUT2D eigenvalue weighted by atomic mass is 10.1. The van der Waals surface area contributed by atoms with Gasteiger partial charge in [0.15, 0.2) is 0 Å². The molecule has 0 heterocycles. The maximum Gasteiger partial charge on any atom is 0.0640 e. The lowest BCUT2D eigenvalue weighted by molar-refractivity contribution is 0.898. The smallest absolute Gasteiger partial charge is 0.0640 e. The first-order chi connectivity index (χ1) is 7.27. The van der Waals surface area contributed by atoms with Crippen LogP contribution in [0.2, 0.25) is 0 Å². The van der Waals surface area contributed by atoms with Crippen LogP contribution in [0.25, 0.3) is 0 Å². The largest absolute Gasteiger partial charge is 0.374 e. The Morgan fingerprint density at radius 2 is 1.93 bits per heavy atom. The van der Waals surface area contributed by atoms with Crippen molar-refractivity contribution in [2.75, 3.05) is 18.5 Å². The fraction of sp³-hybridized carbons (Fsp3) is 0.462. The molecule has 0 aliphatic rings. The van der Waals surface area contributed by atoms with Crippen LogP contribution in [0.1, 0.15) is 25.3 Å². The summed E-state index contributed by atoms with van der Waals surface area (Å²) in [5.74, 6) is 0. The van der Waals surface area contributed by atoms with E-state index in [-0.39, 0.29) is 0 Å². The van der Waals surface area contributed by atoms with Crippen LogP contribution < -0.4 is 4.90 Å². The summed E-state index contributed by atoms with van der Waals surface area (Å²) in [4.78, 5) is 2.11. The molecule has 2 nitrogen and oxygen atoms in total. The van der Waals surface area contributed by atoms with Crippen molar-refractivity contribution in [2.24, 2.45) is 0 Å².